The van der Waals surface area contributed by atoms with Crippen molar-refractivity contribution in [1.82, 2.24) is 5.32 Å². The predicted octanol–water partition coefficient (Wildman–Crippen LogP) is 4.10. The maximum atomic E-state index is 13.0. The molecular formula is C20H16BrClN2O5. The highest BCUT2D eigenvalue weighted by Gasteiger charge is 2.37. The molecule has 0 atom stereocenters. The summed E-state index contributed by atoms with van der Waals surface area (Å²) in [5.74, 6) is -1.83. The number of phenols is 1. The van der Waals surface area contributed by atoms with Crippen molar-refractivity contribution in [2.75, 3.05) is 12.0 Å². The number of halogens is 2. The van der Waals surface area contributed by atoms with Gasteiger partial charge in [-0.25, -0.2) is 9.69 Å². The highest BCUT2D eigenvalue weighted by Crippen LogP contribution is 2.42. The lowest BCUT2D eigenvalue weighted by Crippen LogP contribution is -2.54. The molecule has 2 aromatic carbocycles. The largest absolute Gasteiger partial charge is 0.503 e. The van der Waals surface area contributed by atoms with Crippen LogP contribution in [0.1, 0.15) is 16.7 Å². The van der Waals surface area contributed by atoms with E-state index in [4.69, 9.17) is 16.3 Å². The number of imide groups is 2. The van der Waals surface area contributed by atoms with E-state index in [-0.39, 0.29) is 26.6 Å². The van der Waals surface area contributed by atoms with E-state index in [2.05, 4.69) is 21.2 Å². The van der Waals surface area contributed by atoms with Gasteiger partial charge in [-0.1, -0.05) is 17.7 Å². The number of aromatic hydroxyl groups is 1. The molecule has 29 heavy (non-hydrogen) atoms. The quantitative estimate of drug-likeness (QED) is 0.510. The van der Waals surface area contributed by atoms with E-state index in [0.717, 1.165) is 16.0 Å². The minimum Gasteiger partial charge on any atom is -0.503 e. The number of methoxy groups -OCH3 is 1. The van der Waals surface area contributed by atoms with Crippen LogP contribution in [-0.4, -0.2) is 30.1 Å². The number of aryl methyl sites for hydroxylation is 2. The number of nitrogens with one attached hydrogen (secondary N) is 1. The van der Waals surface area contributed by atoms with E-state index in [1.807, 2.05) is 19.9 Å². The third kappa shape index (κ3) is 3.86. The van der Waals surface area contributed by atoms with E-state index < -0.39 is 17.8 Å². The van der Waals surface area contributed by atoms with Crippen molar-refractivity contribution in [2.45, 2.75) is 13.8 Å². The number of ether oxygens (including phenoxy) is 1. The van der Waals surface area contributed by atoms with Gasteiger partial charge in [-0.15, -0.1) is 0 Å². The van der Waals surface area contributed by atoms with Gasteiger partial charge in [0.05, 0.1) is 12.8 Å². The Kier molecular flexibility index (Phi) is 5.68. The molecule has 0 spiro atoms. The Hall–Kier alpha value is -2.84. The molecule has 1 saturated heterocycles. The number of phenolic OH excluding ortho intramolecular Hbond substituents is 1. The van der Waals surface area contributed by atoms with Gasteiger partial charge in [-0.3, -0.25) is 14.9 Å². The van der Waals surface area contributed by atoms with Crippen LogP contribution in [0.2, 0.25) is 5.02 Å². The number of barbiturate groups is 1. The topological polar surface area (TPSA) is 95.9 Å². The summed E-state index contributed by atoms with van der Waals surface area (Å²) in [5, 5.41) is 12.1. The number of amides is 4. The van der Waals surface area contributed by atoms with Gasteiger partial charge in [0.25, 0.3) is 11.8 Å². The third-order valence-electron chi connectivity index (χ3n) is 4.26. The molecule has 0 aliphatic carbocycles. The van der Waals surface area contributed by atoms with Crippen molar-refractivity contribution in [2.24, 2.45) is 0 Å². The molecule has 0 aromatic heterocycles. The van der Waals surface area contributed by atoms with Crippen molar-refractivity contribution in [3.63, 3.8) is 0 Å². The van der Waals surface area contributed by atoms with Crippen LogP contribution < -0.4 is 15.0 Å². The number of hydrogen-bond donors (Lipinski definition) is 2. The molecule has 1 aliphatic heterocycles. The summed E-state index contributed by atoms with van der Waals surface area (Å²) in [4.78, 5) is 38.7. The van der Waals surface area contributed by atoms with Crippen LogP contribution >= 0.6 is 27.5 Å². The van der Waals surface area contributed by atoms with Crippen LogP contribution in [0, 0.1) is 13.8 Å². The Bertz CT molecular complexity index is 1080. The summed E-state index contributed by atoms with van der Waals surface area (Å²) in [6.07, 6.45) is 1.28. The molecule has 0 radical (unpaired) electrons. The molecule has 9 heteroatoms. The minimum atomic E-state index is -0.837. The fraction of sp³-hybridized carbons (Fsp3) is 0.150. The van der Waals surface area contributed by atoms with E-state index in [1.54, 1.807) is 12.1 Å². The molecule has 0 saturated carbocycles. The third-order valence-corrected chi connectivity index (χ3v) is 5.71. The summed E-state index contributed by atoms with van der Waals surface area (Å²) < 4.78 is 5.33. The summed E-state index contributed by atoms with van der Waals surface area (Å²) in [6, 6.07) is 5.83. The summed E-state index contributed by atoms with van der Waals surface area (Å²) in [6.45, 7) is 3.68. The number of rotatable bonds is 3. The standard InChI is InChI=1S/C20H16BrClN2O5/c1-9-4-10(2)6-12(5-9)24-19(27)13(18(26)23-20(24)28)7-11-8-14(29-3)17(25)16(22)15(11)21/h4-8,25H,1-3H3,(H,23,26,28)/b13-7+. The second kappa shape index (κ2) is 7.88. The van der Waals surface area contributed by atoms with Gasteiger partial charge in [0.2, 0.25) is 0 Å². The summed E-state index contributed by atoms with van der Waals surface area (Å²) in [5.41, 5.74) is 2.12. The Morgan fingerprint density at radius 3 is 2.34 bits per heavy atom. The zero-order valence-electron chi connectivity index (χ0n) is 15.7. The van der Waals surface area contributed by atoms with Gasteiger partial charge in [0.15, 0.2) is 11.5 Å². The minimum absolute atomic E-state index is 0.0397. The number of anilines is 1. The first-order valence-corrected chi connectivity index (χ1v) is 9.55. The summed E-state index contributed by atoms with van der Waals surface area (Å²) >= 11 is 9.32. The molecular weight excluding hydrogens is 464 g/mol. The molecule has 1 aliphatic rings. The molecule has 1 heterocycles. The normalized spacial score (nSPS) is 15.7. The van der Waals surface area contributed by atoms with Gasteiger partial charge < -0.3 is 9.84 Å². The van der Waals surface area contributed by atoms with Gasteiger partial charge in [0, 0.05) is 4.47 Å². The van der Waals surface area contributed by atoms with Gasteiger partial charge in [-0.05, 0) is 70.7 Å². The van der Waals surface area contributed by atoms with E-state index >= 15 is 0 Å². The average Bonchev–Trinajstić information content (AvgIpc) is 2.64. The molecule has 2 aromatic rings. The number of carbonyl (C=O) groups excluding carboxylic acids is 3. The van der Waals surface area contributed by atoms with E-state index in [9.17, 15) is 19.5 Å². The Labute approximate surface area is 180 Å². The van der Waals surface area contributed by atoms with Crippen LogP contribution in [0.5, 0.6) is 11.5 Å². The Morgan fingerprint density at radius 1 is 1.14 bits per heavy atom. The van der Waals surface area contributed by atoms with Crippen molar-refractivity contribution in [1.29, 1.82) is 0 Å². The molecule has 7 nitrogen and oxygen atoms in total. The van der Waals surface area contributed by atoms with Crippen molar-refractivity contribution in [3.8, 4) is 11.5 Å². The highest BCUT2D eigenvalue weighted by molar-refractivity contribution is 9.10. The second-order valence-electron chi connectivity index (χ2n) is 6.45. The maximum Gasteiger partial charge on any atom is 0.335 e. The first-order chi connectivity index (χ1) is 13.6. The SMILES string of the molecule is COc1cc(/C=C2\C(=O)NC(=O)N(c3cc(C)cc(C)c3)C2=O)c(Br)c(Cl)c1O. The molecule has 1 fully saturated rings. The zero-order valence-corrected chi connectivity index (χ0v) is 18.0. The molecule has 150 valence electrons. The Balaban J connectivity index is 2.12. The van der Waals surface area contributed by atoms with Crippen LogP contribution in [-0.2, 0) is 9.59 Å². The van der Waals surface area contributed by atoms with Crippen LogP contribution in [0.25, 0.3) is 6.08 Å². The first-order valence-electron chi connectivity index (χ1n) is 8.38. The molecule has 0 bridgehead atoms. The maximum absolute atomic E-state index is 13.0. The van der Waals surface area contributed by atoms with E-state index in [0.29, 0.717) is 11.3 Å². The van der Waals surface area contributed by atoms with Crippen molar-refractivity contribution < 1.29 is 24.2 Å². The molecule has 0 unspecified atom stereocenters. The number of nitrogens with zero attached hydrogens (tertiary/aromatic N) is 1. The van der Waals surface area contributed by atoms with Crippen LogP contribution in [0.15, 0.2) is 34.3 Å². The van der Waals surface area contributed by atoms with Crippen LogP contribution in [0.4, 0.5) is 10.5 Å². The number of carbonyl (C=O) groups is 3. The lowest BCUT2D eigenvalue weighted by atomic mass is 10.0. The Morgan fingerprint density at radius 2 is 1.76 bits per heavy atom. The smallest absolute Gasteiger partial charge is 0.335 e. The predicted molar refractivity (Wildman–Crippen MR) is 112 cm³/mol. The van der Waals surface area contributed by atoms with E-state index in [1.165, 1.54) is 19.3 Å². The van der Waals surface area contributed by atoms with Crippen molar-refractivity contribution >= 4 is 57.1 Å². The monoisotopic (exact) mass is 478 g/mol. The zero-order chi connectivity index (χ0) is 21.5. The number of benzene rings is 2. The fourth-order valence-corrected chi connectivity index (χ4v) is 3.62. The molecule has 2 N–H and O–H groups in total. The second-order valence-corrected chi connectivity index (χ2v) is 7.62. The number of urea groups is 1. The van der Waals surface area contributed by atoms with Gasteiger partial charge in [-0.2, -0.15) is 0 Å². The van der Waals surface area contributed by atoms with Crippen molar-refractivity contribution in [3.05, 3.63) is 56.0 Å². The van der Waals surface area contributed by atoms with Gasteiger partial charge >= 0.3 is 6.03 Å². The van der Waals surface area contributed by atoms with Gasteiger partial charge in [0.1, 0.15) is 10.6 Å². The average molecular weight is 480 g/mol. The lowest BCUT2D eigenvalue weighted by Gasteiger charge is -2.27. The first kappa shape index (κ1) is 20.9. The summed E-state index contributed by atoms with van der Waals surface area (Å²) in [7, 11) is 1.34. The lowest BCUT2D eigenvalue weighted by molar-refractivity contribution is -0.122. The number of hydrogen-bond acceptors (Lipinski definition) is 5. The highest BCUT2D eigenvalue weighted by atomic mass is 79.9. The molecule has 4 amide bonds. The van der Waals surface area contributed by atoms with Crippen LogP contribution in [0.3, 0.4) is 0 Å². The molecule has 3 rings (SSSR count). The fourth-order valence-electron chi connectivity index (χ4n) is 3.00.